The Morgan fingerprint density at radius 3 is 2.21 bits per heavy atom. The number of carbonyl (C=O) groups excluding carboxylic acids is 1. The Kier molecular flexibility index (Phi) is 8.39. The van der Waals surface area contributed by atoms with Crippen molar-refractivity contribution in [2.75, 3.05) is 19.6 Å². The number of carbonyl (C=O) groups is 2. The van der Waals surface area contributed by atoms with E-state index in [1.165, 1.54) is 0 Å². The minimum absolute atomic E-state index is 0.0356. The Morgan fingerprint density at radius 2 is 1.79 bits per heavy atom. The van der Waals surface area contributed by atoms with Gasteiger partial charge in [0.2, 0.25) is 5.91 Å². The van der Waals surface area contributed by atoms with Crippen LogP contribution in [0.15, 0.2) is 0 Å². The molecule has 2 unspecified atom stereocenters. The molecule has 0 fully saturated rings. The highest BCUT2D eigenvalue weighted by Gasteiger charge is 2.21. The predicted molar refractivity (Wildman–Crippen MR) is 76.0 cm³/mol. The van der Waals surface area contributed by atoms with Gasteiger partial charge in [-0.3, -0.25) is 14.5 Å². The number of nitrogens with zero attached hydrogens (tertiary/aromatic N) is 1. The Morgan fingerprint density at radius 1 is 1.21 bits per heavy atom. The average Bonchev–Trinajstić information content (AvgIpc) is 2.34. The fourth-order valence-electron chi connectivity index (χ4n) is 1.65. The molecule has 0 aromatic heterocycles. The lowest BCUT2D eigenvalue weighted by Crippen LogP contribution is -2.45. The molecule has 0 radical (unpaired) electrons. The molecule has 1 amide bonds. The van der Waals surface area contributed by atoms with Crippen LogP contribution in [-0.2, 0) is 9.59 Å². The van der Waals surface area contributed by atoms with Crippen molar-refractivity contribution in [3.63, 3.8) is 0 Å². The lowest BCUT2D eigenvalue weighted by Gasteiger charge is -2.29. The van der Waals surface area contributed by atoms with Crippen molar-refractivity contribution in [2.45, 2.75) is 47.1 Å². The number of carboxylic acid groups (broad SMARTS) is 1. The first-order chi connectivity index (χ1) is 8.77. The van der Waals surface area contributed by atoms with Crippen molar-refractivity contribution >= 4 is 11.9 Å². The Hall–Kier alpha value is -1.10. The SMILES string of the molecule is CCC(C)N(CC(=O)NCC(C)C)CC(C)C(=O)O. The van der Waals surface area contributed by atoms with Crippen molar-refractivity contribution < 1.29 is 14.7 Å². The van der Waals surface area contributed by atoms with Gasteiger partial charge in [-0.2, -0.15) is 0 Å². The van der Waals surface area contributed by atoms with Crippen LogP contribution in [-0.4, -0.2) is 47.6 Å². The average molecular weight is 272 g/mol. The lowest BCUT2D eigenvalue weighted by atomic mass is 10.1. The monoisotopic (exact) mass is 272 g/mol. The Bertz CT molecular complexity index is 292. The summed E-state index contributed by atoms with van der Waals surface area (Å²) in [7, 11) is 0. The van der Waals surface area contributed by atoms with Gasteiger partial charge in [0.05, 0.1) is 12.5 Å². The zero-order chi connectivity index (χ0) is 15.0. The van der Waals surface area contributed by atoms with Gasteiger partial charge in [0.15, 0.2) is 0 Å². The van der Waals surface area contributed by atoms with Crippen LogP contribution in [0, 0.1) is 11.8 Å². The molecule has 0 aromatic rings. The van der Waals surface area contributed by atoms with Crippen LogP contribution in [0.4, 0.5) is 0 Å². The normalized spacial score (nSPS) is 14.5. The number of amides is 1. The summed E-state index contributed by atoms with van der Waals surface area (Å²) in [4.78, 5) is 24.7. The summed E-state index contributed by atoms with van der Waals surface area (Å²) in [6.07, 6.45) is 0.893. The van der Waals surface area contributed by atoms with Crippen molar-refractivity contribution in [2.24, 2.45) is 11.8 Å². The summed E-state index contributed by atoms with van der Waals surface area (Å²) in [5, 5.41) is 11.8. The van der Waals surface area contributed by atoms with E-state index in [0.717, 1.165) is 6.42 Å². The molecule has 0 heterocycles. The summed E-state index contributed by atoms with van der Waals surface area (Å²) >= 11 is 0. The first-order valence-corrected chi connectivity index (χ1v) is 7.01. The third-order valence-corrected chi connectivity index (χ3v) is 3.20. The van der Waals surface area contributed by atoms with E-state index in [1.807, 2.05) is 32.6 Å². The Balaban J connectivity index is 4.42. The predicted octanol–water partition coefficient (Wildman–Crippen LogP) is 1.58. The zero-order valence-corrected chi connectivity index (χ0v) is 12.8. The summed E-state index contributed by atoms with van der Waals surface area (Å²) in [6, 6.07) is 0.201. The van der Waals surface area contributed by atoms with E-state index >= 15 is 0 Å². The Labute approximate surface area is 116 Å². The second-order valence-electron chi connectivity index (χ2n) is 5.62. The van der Waals surface area contributed by atoms with E-state index in [4.69, 9.17) is 5.11 Å². The van der Waals surface area contributed by atoms with E-state index in [2.05, 4.69) is 5.32 Å². The first-order valence-electron chi connectivity index (χ1n) is 7.01. The molecule has 2 atom stereocenters. The largest absolute Gasteiger partial charge is 0.481 e. The van der Waals surface area contributed by atoms with Crippen molar-refractivity contribution in [1.82, 2.24) is 10.2 Å². The quantitative estimate of drug-likeness (QED) is 0.668. The van der Waals surface area contributed by atoms with E-state index < -0.39 is 11.9 Å². The van der Waals surface area contributed by atoms with Crippen LogP contribution in [0.1, 0.15) is 41.0 Å². The number of aliphatic carboxylic acids is 1. The number of nitrogens with one attached hydrogen (secondary N) is 1. The van der Waals surface area contributed by atoms with E-state index in [9.17, 15) is 9.59 Å². The molecule has 5 heteroatoms. The van der Waals surface area contributed by atoms with Gasteiger partial charge >= 0.3 is 5.97 Å². The first kappa shape index (κ1) is 17.9. The number of rotatable bonds is 9. The van der Waals surface area contributed by atoms with Crippen molar-refractivity contribution in [1.29, 1.82) is 0 Å². The van der Waals surface area contributed by atoms with Crippen LogP contribution in [0.25, 0.3) is 0 Å². The summed E-state index contributed by atoms with van der Waals surface area (Å²) in [5.74, 6) is -0.909. The fraction of sp³-hybridized carbons (Fsp3) is 0.857. The van der Waals surface area contributed by atoms with Crippen LogP contribution < -0.4 is 5.32 Å². The maximum atomic E-state index is 11.8. The summed E-state index contributed by atoms with van der Waals surface area (Å²) < 4.78 is 0. The summed E-state index contributed by atoms with van der Waals surface area (Å²) in [5.41, 5.74) is 0. The molecule has 0 aromatic carbocycles. The van der Waals surface area contributed by atoms with Crippen LogP contribution in [0.5, 0.6) is 0 Å². The molecule has 0 rings (SSSR count). The molecule has 0 aliphatic carbocycles. The van der Waals surface area contributed by atoms with Gasteiger partial charge in [-0.25, -0.2) is 0 Å². The minimum Gasteiger partial charge on any atom is -0.481 e. The van der Waals surface area contributed by atoms with Crippen LogP contribution in [0.3, 0.4) is 0 Å². The van der Waals surface area contributed by atoms with E-state index in [1.54, 1.807) is 6.92 Å². The third kappa shape index (κ3) is 7.82. The molecule has 112 valence electrons. The molecular formula is C14H28N2O3. The molecule has 0 bridgehead atoms. The maximum absolute atomic E-state index is 11.8. The minimum atomic E-state index is -0.823. The van der Waals surface area contributed by atoms with Gasteiger partial charge < -0.3 is 10.4 Å². The van der Waals surface area contributed by atoms with Gasteiger partial charge in [-0.1, -0.05) is 27.7 Å². The van der Waals surface area contributed by atoms with Crippen LogP contribution in [0.2, 0.25) is 0 Å². The van der Waals surface area contributed by atoms with Gasteiger partial charge in [-0.15, -0.1) is 0 Å². The molecular weight excluding hydrogens is 244 g/mol. The standard InChI is InChI=1S/C14H28N2O3/c1-6-12(5)16(8-11(4)14(18)19)9-13(17)15-7-10(2)3/h10-12H,6-9H2,1-5H3,(H,15,17)(H,18,19). The van der Waals surface area contributed by atoms with Gasteiger partial charge in [0.1, 0.15) is 0 Å². The molecule has 0 aliphatic heterocycles. The molecule has 0 spiro atoms. The second-order valence-corrected chi connectivity index (χ2v) is 5.62. The molecule has 0 aliphatic rings. The molecule has 0 saturated heterocycles. The number of hydrogen-bond acceptors (Lipinski definition) is 3. The smallest absolute Gasteiger partial charge is 0.307 e. The topological polar surface area (TPSA) is 69.6 Å². The molecule has 0 saturated carbocycles. The van der Waals surface area contributed by atoms with Crippen LogP contribution >= 0.6 is 0 Å². The molecule has 5 nitrogen and oxygen atoms in total. The zero-order valence-electron chi connectivity index (χ0n) is 12.8. The van der Waals surface area contributed by atoms with Crippen molar-refractivity contribution in [3.8, 4) is 0 Å². The van der Waals surface area contributed by atoms with Gasteiger partial charge in [-0.05, 0) is 19.3 Å². The maximum Gasteiger partial charge on any atom is 0.307 e. The van der Waals surface area contributed by atoms with E-state index in [0.29, 0.717) is 19.0 Å². The number of hydrogen-bond donors (Lipinski definition) is 2. The molecule has 19 heavy (non-hydrogen) atoms. The highest BCUT2D eigenvalue weighted by atomic mass is 16.4. The summed E-state index contributed by atoms with van der Waals surface area (Å²) in [6.45, 7) is 11.1. The fourth-order valence-corrected chi connectivity index (χ4v) is 1.65. The third-order valence-electron chi connectivity index (χ3n) is 3.20. The van der Waals surface area contributed by atoms with E-state index in [-0.39, 0.29) is 18.5 Å². The molecule has 2 N–H and O–H groups in total. The van der Waals surface area contributed by atoms with Crippen molar-refractivity contribution in [3.05, 3.63) is 0 Å². The highest BCUT2D eigenvalue weighted by molar-refractivity contribution is 5.78. The van der Waals surface area contributed by atoms with Gasteiger partial charge in [0, 0.05) is 19.1 Å². The second kappa shape index (κ2) is 8.91. The number of carboxylic acids is 1. The van der Waals surface area contributed by atoms with Gasteiger partial charge in [0.25, 0.3) is 0 Å². The highest BCUT2D eigenvalue weighted by Crippen LogP contribution is 2.08. The lowest BCUT2D eigenvalue weighted by molar-refractivity contribution is -0.142.